The van der Waals surface area contributed by atoms with Gasteiger partial charge in [-0.25, -0.2) is 0 Å². The molecule has 13 aromatic rings. The summed E-state index contributed by atoms with van der Waals surface area (Å²) in [5.74, 6) is 0. The highest BCUT2D eigenvalue weighted by Crippen LogP contribution is 2.51. The first-order valence-corrected chi connectivity index (χ1v) is 23.2. The number of thiophene rings is 2. The van der Waals surface area contributed by atoms with Gasteiger partial charge in [0.2, 0.25) is 0 Å². The van der Waals surface area contributed by atoms with E-state index in [1.165, 1.54) is 75.2 Å². The molecule has 0 aliphatic rings. The van der Waals surface area contributed by atoms with E-state index in [4.69, 9.17) is 0 Å². The van der Waals surface area contributed by atoms with E-state index in [-0.39, 0.29) is 0 Å². The Labute approximate surface area is 378 Å². The third-order valence-electron chi connectivity index (χ3n) is 12.5. The zero-order chi connectivity index (χ0) is 42.1. The second-order valence-electron chi connectivity index (χ2n) is 16.2. The molecule has 0 saturated heterocycles. The summed E-state index contributed by atoms with van der Waals surface area (Å²) in [5.41, 5.74) is 11.6. The first-order valence-electron chi connectivity index (χ1n) is 21.6. The third kappa shape index (κ3) is 5.81. The standard InChI is InChI=1S/C58H38N4S2/c1-5-23-41(24-6-1)59(42-25-7-2-8-26-42)55-37-53-57(63-55)47-35-52-48(36-51(47)61(53)49-33-17-21-39-19-13-15-31-45(39)49)58-54(62(52)50-34-18-22-40-20-14-16-32-46(40)50)38-56(64-58)60(43-27-9-3-10-28-43)44-29-11-4-12-30-44/h1-38H. The zero-order valence-electron chi connectivity index (χ0n) is 34.5. The number of benzene rings is 9. The minimum absolute atomic E-state index is 1.13. The molecule has 0 radical (unpaired) electrons. The lowest BCUT2D eigenvalue weighted by Crippen LogP contribution is -2.08. The molecule has 0 N–H and O–H groups in total. The summed E-state index contributed by atoms with van der Waals surface area (Å²) in [6, 6.07) is 83.7. The molecular formula is C58H38N4S2. The fourth-order valence-electron chi connectivity index (χ4n) is 9.69. The minimum Gasteiger partial charge on any atom is -0.308 e. The number of para-hydroxylation sites is 4. The number of rotatable bonds is 8. The van der Waals surface area contributed by atoms with Crippen molar-refractivity contribution in [2.75, 3.05) is 9.80 Å². The van der Waals surface area contributed by atoms with Crippen molar-refractivity contribution in [1.29, 1.82) is 0 Å². The summed E-state index contributed by atoms with van der Waals surface area (Å²) in [7, 11) is 0. The number of anilines is 6. The Kier molecular flexibility index (Phi) is 8.54. The molecule has 13 rings (SSSR count). The molecule has 0 amide bonds. The maximum Gasteiger partial charge on any atom is 0.103 e. The third-order valence-corrected chi connectivity index (χ3v) is 14.8. The molecule has 4 aromatic heterocycles. The maximum absolute atomic E-state index is 2.52. The van der Waals surface area contributed by atoms with Gasteiger partial charge in [0.25, 0.3) is 0 Å². The number of hydrogen-bond donors (Lipinski definition) is 0. The molecule has 9 aromatic carbocycles. The van der Waals surface area contributed by atoms with Crippen LogP contribution in [0.2, 0.25) is 0 Å². The average molecular weight is 855 g/mol. The molecule has 302 valence electrons. The fraction of sp³-hybridized carbons (Fsp3) is 0. The number of nitrogens with zero attached hydrogens (tertiary/aromatic N) is 4. The van der Waals surface area contributed by atoms with Gasteiger partial charge in [0, 0.05) is 44.3 Å². The summed E-state index contributed by atoms with van der Waals surface area (Å²) in [5, 5.41) is 9.66. The Balaban J connectivity index is 1.15. The van der Waals surface area contributed by atoms with E-state index in [0.717, 1.165) is 32.8 Å². The molecule has 4 nitrogen and oxygen atoms in total. The van der Waals surface area contributed by atoms with E-state index in [2.05, 4.69) is 249 Å². The largest absolute Gasteiger partial charge is 0.308 e. The lowest BCUT2D eigenvalue weighted by Gasteiger charge is -2.23. The number of fused-ring (bicyclic) bond motifs is 8. The summed E-state index contributed by atoms with van der Waals surface area (Å²) in [6.07, 6.45) is 0. The molecule has 0 atom stereocenters. The molecule has 6 heteroatoms. The Bertz CT molecular complexity index is 3500. The summed E-state index contributed by atoms with van der Waals surface area (Å²) < 4.78 is 7.56. The van der Waals surface area contributed by atoms with Gasteiger partial charge in [-0.1, -0.05) is 146 Å². The van der Waals surface area contributed by atoms with Crippen LogP contribution in [0, 0.1) is 0 Å². The number of hydrogen-bond acceptors (Lipinski definition) is 4. The minimum atomic E-state index is 1.13. The van der Waals surface area contributed by atoms with E-state index in [9.17, 15) is 0 Å². The first-order chi connectivity index (χ1) is 31.8. The van der Waals surface area contributed by atoms with Crippen LogP contribution >= 0.6 is 22.7 Å². The second-order valence-corrected chi connectivity index (χ2v) is 18.2. The zero-order valence-corrected chi connectivity index (χ0v) is 36.2. The maximum atomic E-state index is 2.52. The van der Waals surface area contributed by atoms with Crippen molar-refractivity contribution in [3.05, 3.63) is 231 Å². The van der Waals surface area contributed by atoms with E-state index < -0.39 is 0 Å². The van der Waals surface area contributed by atoms with Crippen LogP contribution in [0.5, 0.6) is 0 Å². The Morgan fingerprint density at radius 2 is 0.609 bits per heavy atom. The summed E-state index contributed by atoms with van der Waals surface area (Å²) in [6.45, 7) is 0. The van der Waals surface area contributed by atoms with Crippen molar-refractivity contribution < 1.29 is 0 Å². The highest BCUT2D eigenvalue weighted by molar-refractivity contribution is 7.24. The Hall–Kier alpha value is -7.90. The molecule has 4 heterocycles. The molecule has 0 spiro atoms. The van der Waals surface area contributed by atoms with Crippen LogP contribution in [-0.2, 0) is 0 Å². The SMILES string of the molecule is c1ccc(N(c2ccccc2)c2cc3c(s2)c2cc4c(cc2n3-c2cccc3ccccc23)c2sc(N(c3ccccc3)c3ccccc3)cc2n4-c2cccc3ccccc23)cc1. The van der Waals surface area contributed by atoms with Crippen LogP contribution in [0.25, 0.3) is 75.2 Å². The Morgan fingerprint density at radius 3 is 0.984 bits per heavy atom. The van der Waals surface area contributed by atoms with Gasteiger partial charge in [-0.05, 0) is 95.7 Å². The van der Waals surface area contributed by atoms with E-state index in [1.807, 2.05) is 22.7 Å². The molecule has 0 saturated carbocycles. The van der Waals surface area contributed by atoms with Crippen LogP contribution in [0.1, 0.15) is 0 Å². The molecule has 0 aliphatic carbocycles. The molecular weight excluding hydrogens is 817 g/mol. The first kappa shape index (κ1) is 36.7. The molecule has 0 unspecified atom stereocenters. The van der Waals surface area contributed by atoms with Crippen molar-refractivity contribution in [1.82, 2.24) is 9.13 Å². The fourth-order valence-corrected chi connectivity index (χ4v) is 12.1. The van der Waals surface area contributed by atoms with Crippen molar-refractivity contribution in [2.45, 2.75) is 0 Å². The van der Waals surface area contributed by atoms with Crippen molar-refractivity contribution in [3.63, 3.8) is 0 Å². The van der Waals surface area contributed by atoms with Crippen LogP contribution in [-0.4, -0.2) is 9.13 Å². The van der Waals surface area contributed by atoms with Crippen LogP contribution < -0.4 is 9.80 Å². The molecule has 64 heavy (non-hydrogen) atoms. The van der Waals surface area contributed by atoms with E-state index >= 15 is 0 Å². The molecule has 0 bridgehead atoms. The van der Waals surface area contributed by atoms with E-state index in [1.54, 1.807) is 0 Å². The smallest absolute Gasteiger partial charge is 0.103 e. The monoisotopic (exact) mass is 854 g/mol. The van der Waals surface area contributed by atoms with Gasteiger partial charge in [-0.3, -0.25) is 0 Å². The second kappa shape index (κ2) is 14.9. The normalized spacial score (nSPS) is 11.8. The summed E-state index contributed by atoms with van der Waals surface area (Å²) in [4.78, 5) is 4.79. The lowest BCUT2D eigenvalue weighted by atomic mass is 10.1. The van der Waals surface area contributed by atoms with Crippen molar-refractivity contribution in [3.8, 4) is 11.4 Å². The highest BCUT2D eigenvalue weighted by atomic mass is 32.1. The van der Waals surface area contributed by atoms with Gasteiger partial charge >= 0.3 is 0 Å². The molecule has 0 fully saturated rings. The topological polar surface area (TPSA) is 16.3 Å². The van der Waals surface area contributed by atoms with Crippen molar-refractivity contribution in [2.24, 2.45) is 0 Å². The van der Waals surface area contributed by atoms with Gasteiger partial charge in [0.05, 0.1) is 42.8 Å². The average Bonchev–Trinajstić information content (AvgIpc) is 4.11. The van der Waals surface area contributed by atoms with Crippen LogP contribution in [0.3, 0.4) is 0 Å². The van der Waals surface area contributed by atoms with E-state index in [0.29, 0.717) is 0 Å². The van der Waals surface area contributed by atoms with Gasteiger partial charge in [-0.2, -0.15) is 0 Å². The van der Waals surface area contributed by atoms with Crippen LogP contribution in [0.15, 0.2) is 231 Å². The summed E-state index contributed by atoms with van der Waals surface area (Å²) >= 11 is 3.72. The Morgan fingerprint density at radius 1 is 0.281 bits per heavy atom. The number of aromatic nitrogens is 2. The van der Waals surface area contributed by atoms with Gasteiger partial charge in [-0.15, -0.1) is 22.7 Å². The van der Waals surface area contributed by atoms with Gasteiger partial charge in [0.15, 0.2) is 0 Å². The highest BCUT2D eigenvalue weighted by Gasteiger charge is 2.26. The van der Waals surface area contributed by atoms with Crippen molar-refractivity contribution >= 4 is 119 Å². The predicted molar refractivity (Wildman–Crippen MR) is 275 cm³/mol. The van der Waals surface area contributed by atoms with Gasteiger partial charge in [0.1, 0.15) is 10.0 Å². The molecule has 0 aliphatic heterocycles. The van der Waals surface area contributed by atoms with Gasteiger partial charge < -0.3 is 18.9 Å². The lowest BCUT2D eigenvalue weighted by molar-refractivity contribution is 1.19. The quantitative estimate of drug-likeness (QED) is 0.151. The predicted octanol–water partition coefficient (Wildman–Crippen LogP) is 17.2. The van der Waals surface area contributed by atoms with Crippen LogP contribution in [0.4, 0.5) is 32.8 Å².